The van der Waals surface area contributed by atoms with Gasteiger partial charge in [0, 0.05) is 11.7 Å². The van der Waals surface area contributed by atoms with Crippen molar-refractivity contribution < 1.29 is 14.7 Å². The highest BCUT2D eigenvalue weighted by molar-refractivity contribution is 7.99. The summed E-state index contributed by atoms with van der Waals surface area (Å²) in [5.74, 6) is -0.0648. The molecule has 0 radical (unpaired) electrons. The highest BCUT2D eigenvalue weighted by Crippen LogP contribution is 2.22. The van der Waals surface area contributed by atoms with Crippen molar-refractivity contribution in [3.8, 4) is 0 Å². The predicted octanol–water partition coefficient (Wildman–Crippen LogP) is 2.78. The number of aryl methyl sites for hydroxylation is 2. The highest BCUT2D eigenvalue weighted by Gasteiger charge is 2.19. The van der Waals surface area contributed by atoms with E-state index in [1.54, 1.807) is 10.8 Å². The van der Waals surface area contributed by atoms with Crippen molar-refractivity contribution in [2.45, 2.75) is 63.9 Å². The fourth-order valence-electron chi connectivity index (χ4n) is 3.48. The molecule has 7 nitrogen and oxygen atoms in total. The first-order valence-electron chi connectivity index (χ1n) is 9.91. The molecule has 0 saturated heterocycles. The van der Waals surface area contributed by atoms with Gasteiger partial charge in [-0.2, -0.15) is 0 Å². The van der Waals surface area contributed by atoms with Gasteiger partial charge in [0.2, 0.25) is 11.8 Å². The number of nitrogens with one attached hydrogen (secondary N) is 2. The second-order valence-electron chi connectivity index (χ2n) is 7.48. The van der Waals surface area contributed by atoms with Gasteiger partial charge in [0.05, 0.1) is 24.3 Å². The van der Waals surface area contributed by atoms with Gasteiger partial charge in [0.1, 0.15) is 6.54 Å². The Kier molecular flexibility index (Phi) is 7.33. The fraction of sp³-hybridized carbons (Fsp3) is 0.476. The molecule has 0 bridgehead atoms. The van der Waals surface area contributed by atoms with E-state index in [2.05, 4.69) is 15.6 Å². The first-order valence-corrected chi connectivity index (χ1v) is 10.9. The maximum atomic E-state index is 12.4. The Morgan fingerprint density at radius 1 is 1.24 bits per heavy atom. The number of nitrogens with zero attached hydrogens (tertiary/aromatic N) is 2. The summed E-state index contributed by atoms with van der Waals surface area (Å²) in [6.07, 6.45) is 5.88. The lowest BCUT2D eigenvalue weighted by Gasteiger charge is -2.15. The average Bonchev–Trinajstić information content (AvgIpc) is 3.33. The number of aromatic nitrogens is 2. The molecular weight excluding hydrogens is 388 g/mol. The van der Waals surface area contributed by atoms with Crippen LogP contribution < -0.4 is 10.6 Å². The molecular formula is C21H28N4O3S. The second kappa shape index (κ2) is 9.93. The van der Waals surface area contributed by atoms with Gasteiger partial charge in [-0.05, 0) is 43.9 Å². The van der Waals surface area contributed by atoms with Crippen molar-refractivity contribution in [2.75, 3.05) is 11.1 Å². The van der Waals surface area contributed by atoms with Crippen LogP contribution in [0.5, 0.6) is 0 Å². The van der Waals surface area contributed by atoms with E-state index < -0.39 is 0 Å². The first kappa shape index (κ1) is 21.4. The molecule has 29 heavy (non-hydrogen) atoms. The monoisotopic (exact) mass is 416 g/mol. The quantitative estimate of drug-likeness (QED) is 0.575. The Bertz CT molecular complexity index is 875. The molecule has 1 aliphatic carbocycles. The van der Waals surface area contributed by atoms with Gasteiger partial charge < -0.3 is 20.3 Å². The molecule has 3 rings (SSSR count). The lowest BCUT2D eigenvalue weighted by molar-refractivity contribution is -0.122. The Labute approximate surface area is 175 Å². The molecule has 0 atom stereocenters. The summed E-state index contributed by atoms with van der Waals surface area (Å²) in [6, 6.07) is 6.16. The molecule has 1 aliphatic rings. The van der Waals surface area contributed by atoms with Gasteiger partial charge >= 0.3 is 0 Å². The minimum atomic E-state index is -0.209. The second-order valence-corrected chi connectivity index (χ2v) is 8.42. The Morgan fingerprint density at radius 2 is 2.00 bits per heavy atom. The van der Waals surface area contributed by atoms with E-state index in [-0.39, 0.29) is 36.8 Å². The van der Waals surface area contributed by atoms with Crippen molar-refractivity contribution >= 4 is 29.3 Å². The zero-order valence-corrected chi connectivity index (χ0v) is 17.7. The number of benzene rings is 1. The van der Waals surface area contributed by atoms with Crippen LogP contribution in [0.1, 0.15) is 42.5 Å². The molecule has 1 saturated carbocycles. The normalized spacial score (nSPS) is 14.2. The third kappa shape index (κ3) is 5.83. The van der Waals surface area contributed by atoms with Crippen LogP contribution in [0.25, 0.3) is 0 Å². The number of aliphatic hydroxyl groups is 1. The number of amides is 2. The van der Waals surface area contributed by atoms with E-state index in [9.17, 15) is 14.7 Å². The van der Waals surface area contributed by atoms with Gasteiger partial charge in [0.15, 0.2) is 5.16 Å². The number of anilines is 1. The molecule has 0 aliphatic heterocycles. The van der Waals surface area contributed by atoms with Gasteiger partial charge in [0.25, 0.3) is 0 Å². The van der Waals surface area contributed by atoms with E-state index in [1.165, 1.54) is 11.8 Å². The average molecular weight is 417 g/mol. The number of hydrogen-bond acceptors (Lipinski definition) is 5. The zero-order valence-electron chi connectivity index (χ0n) is 16.9. The minimum Gasteiger partial charge on any atom is -0.390 e. The molecule has 2 aromatic rings. The lowest BCUT2D eigenvalue weighted by atomic mass is 10.1. The topological polar surface area (TPSA) is 96.2 Å². The summed E-state index contributed by atoms with van der Waals surface area (Å²) in [5, 5.41) is 16.1. The largest absolute Gasteiger partial charge is 0.390 e. The minimum absolute atomic E-state index is 0.0906. The first-order chi connectivity index (χ1) is 14.0. The molecule has 156 valence electrons. The Balaban J connectivity index is 1.60. The molecule has 3 N–H and O–H groups in total. The number of rotatable bonds is 8. The van der Waals surface area contributed by atoms with E-state index in [0.29, 0.717) is 10.9 Å². The number of hydrogen-bond donors (Lipinski definition) is 3. The highest BCUT2D eigenvalue weighted by atomic mass is 32.2. The van der Waals surface area contributed by atoms with Crippen molar-refractivity contribution in [3.63, 3.8) is 0 Å². The van der Waals surface area contributed by atoms with Crippen LogP contribution in [0.3, 0.4) is 0 Å². The predicted molar refractivity (Wildman–Crippen MR) is 114 cm³/mol. The van der Waals surface area contributed by atoms with E-state index in [1.807, 2.05) is 32.0 Å². The van der Waals surface area contributed by atoms with Gasteiger partial charge in [-0.3, -0.25) is 9.59 Å². The smallest absolute Gasteiger partial charge is 0.240 e. The van der Waals surface area contributed by atoms with Crippen molar-refractivity contribution in [3.05, 3.63) is 41.2 Å². The fourth-order valence-corrected chi connectivity index (χ4v) is 4.27. The lowest BCUT2D eigenvalue weighted by Crippen LogP contribution is -2.35. The number of thioether (sulfide) groups is 1. The van der Waals surface area contributed by atoms with Crippen LogP contribution in [0.4, 0.5) is 5.69 Å². The van der Waals surface area contributed by atoms with Crippen LogP contribution in [0, 0.1) is 13.8 Å². The van der Waals surface area contributed by atoms with Crippen LogP contribution in [0.2, 0.25) is 0 Å². The van der Waals surface area contributed by atoms with Gasteiger partial charge in [-0.1, -0.05) is 36.7 Å². The summed E-state index contributed by atoms with van der Waals surface area (Å²) in [7, 11) is 0. The SMILES string of the molecule is Cc1ccc(C)c(NC(=O)CSc2ncc(CO)n2CC(=O)NC2CCCC2)c1. The van der Waals surface area contributed by atoms with E-state index >= 15 is 0 Å². The van der Waals surface area contributed by atoms with Crippen molar-refractivity contribution in [1.82, 2.24) is 14.9 Å². The number of aliphatic hydroxyl groups excluding tert-OH is 1. The van der Waals surface area contributed by atoms with Crippen molar-refractivity contribution in [2.24, 2.45) is 0 Å². The Hall–Kier alpha value is -2.32. The zero-order chi connectivity index (χ0) is 20.8. The van der Waals surface area contributed by atoms with Crippen LogP contribution in [-0.4, -0.2) is 38.3 Å². The molecule has 0 spiro atoms. The molecule has 1 aromatic heterocycles. The summed E-state index contributed by atoms with van der Waals surface area (Å²) < 4.78 is 1.68. The maximum absolute atomic E-state index is 12.4. The Morgan fingerprint density at radius 3 is 2.72 bits per heavy atom. The van der Waals surface area contributed by atoms with Crippen LogP contribution >= 0.6 is 11.8 Å². The molecule has 1 fully saturated rings. The third-order valence-corrected chi connectivity index (χ3v) is 6.08. The summed E-state index contributed by atoms with van der Waals surface area (Å²) in [5.41, 5.74) is 3.44. The van der Waals surface area contributed by atoms with E-state index in [4.69, 9.17) is 0 Å². The van der Waals surface area contributed by atoms with E-state index in [0.717, 1.165) is 42.5 Å². The van der Waals surface area contributed by atoms with Crippen LogP contribution in [-0.2, 0) is 22.7 Å². The molecule has 1 heterocycles. The molecule has 8 heteroatoms. The molecule has 0 unspecified atom stereocenters. The summed E-state index contributed by atoms with van der Waals surface area (Å²) in [4.78, 5) is 29.1. The molecule has 2 amide bonds. The van der Waals surface area contributed by atoms with Crippen molar-refractivity contribution in [1.29, 1.82) is 0 Å². The number of carbonyl (C=O) groups is 2. The van der Waals surface area contributed by atoms with Gasteiger partial charge in [-0.25, -0.2) is 4.98 Å². The standard InChI is InChI=1S/C21H28N4O3S/c1-14-7-8-15(2)18(9-14)24-20(28)13-29-21-22-10-17(12-26)25(21)11-19(27)23-16-5-3-4-6-16/h7-10,16,26H,3-6,11-13H2,1-2H3,(H,23,27)(H,24,28). The van der Waals surface area contributed by atoms with Crippen LogP contribution in [0.15, 0.2) is 29.6 Å². The maximum Gasteiger partial charge on any atom is 0.240 e. The van der Waals surface area contributed by atoms with Gasteiger partial charge in [-0.15, -0.1) is 0 Å². The number of carbonyl (C=O) groups excluding carboxylic acids is 2. The third-order valence-electron chi connectivity index (χ3n) is 5.09. The summed E-state index contributed by atoms with van der Waals surface area (Å²) in [6.45, 7) is 3.81. The summed E-state index contributed by atoms with van der Waals surface area (Å²) >= 11 is 1.25. The number of imidazole rings is 1. The molecule has 1 aromatic carbocycles.